The molecule has 12 heteroatoms. The van der Waals surface area contributed by atoms with Gasteiger partial charge in [0.25, 0.3) is 0 Å². The van der Waals surface area contributed by atoms with Gasteiger partial charge in [0.2, 0.25) is 5.91 Å². The minimum atomic E-state index is -0.577. The summed E-state index contributed by atoms with van der Waals surface area (Å²) >= 11 is 6.77. The first-order chi connectivity index (χ1) is 20.4. The van der Waals surface area contributed by atoms with Crippen LogP contribution in [0, 0.1) is 5.82 Å². The highest BCUT2D eigenvalue weighted by atomic mass is 35.5. The standard InChI is InChI=1S/C30H28ClFN8O2/c1-3-22(41)38-11-12-39(16(2)14-38)28-19-13-20(31)25(26-21(32)5-4-10-33-26)36-29(19)40(30(42)37-28)27-23(17-6-7-17)34-15-35-24(27)18-8-9-18/h3-5,10,13,15-18H,1,6-9,11-12,14H2,2H3/t16-/m0/s1. The summed E-state index contributed by atoms with van der Waals surface area (Å²) in [6.45, 7) is 6.87. The number of rotatable bonds is 6. The van der Waals surface area contributed by atoms with Gasteiger partial charge in [-0.2, -0.15) is 4.98 Å². The highest BCUT2D eigenvalue weighted by molar-refractivity contribution is 6.33. The molecule has 4 aromatic rings. The van der Waals surface area contributed by atoms with Crippen molar-refractivity contribution in [2.24, 2.45) is 0 Å². The van der Waals surface area contributed by atoms with Gasteiger partial charge in [-0.25, -0.2) is 28.7 Å². The van der Waals surface area contributed by atoms with Crippen LogP contribution >= 0.6 is 11.6 Å². The van der Waals surface area contributed by atoms with Crippen molar-refractivity contribution in [1.82, 2.24) is 34.4 Å². The van der Waals surface area contributed by atoms with Crippen molar-refractivity contribution in [3.8, 4) is 17.1 Å². The molecule has 3 fully saturated rings. The Morgan fingerprint density at radius 3 is 2.40 bits per heavy atom. The Hall–Kier alpha value is -4.25. The van der Waals surface area contributed by atoms with Crippen molar-refractivity contribution in [2.75, 3.05) is 24.5 Å². The van der Waals surface area contributed by atoms with E-state index in [2.05, 4.69) is 26.5 Å². The number of fused-ring (bicyclic) bond motifs is 1. The van der Waals surface area contributed by atoms with Gasteiger partial charge in [0.05, 0.1) is 27.5 Å². The molecule has 1 aliphatic heterocycles. The number of carbonyl (C=O) groups excluding carboxylic acids is 1. The summed E-state index contributed by atoms with van der Waals surface area (Å²) < 4.78 is 16.4. The Morgan fingerprint density at radius 1 is 1.07 bits per heavy atom. The van der Waals surface area contributed by atoms with E-state index in [4.69, 9.17) is 16.6 Å². The molecule has 2 saturated carbocycles. The summed E-state index contributed by atoms with van der Waals surface area (Å²) in [4.78, 5) is 53.1. The summed E-state index contributed by atoms with van der Waals surface area (Å²) in [6, 6.07) is 4.30. The van der Waals surface area contributed by atoms with Gasteiger partial charge in [0, 0.05) is 43.7 Å². The lowest BCUT2D eigenvalue weighted by atomic mass is 10.1. The number of piperazine rings is 1. The third-order valence-electron chi connectivity index (χ3n) is 8.20. The summed E-state index contributed by atoms with van der Waals surface area (Å²) in [7, 11) is 0. The van der Waals surface area contributed by atoms with E-state index >= 15 is 0 Å². The van der Waals surface area contributed by atoms with Crippen LogP contribution in [0.4, 0.5) is 10.2 Å². The monoisotopic (exact) mass is 586 g/mol. The van der Waals surface area contributed by atoms with Gasteiger partial charge < -0.3 is 9.80 Å². The van der Waals surface area contributed by atoms with E-state index in [0.717, 1.165) is 37.1 Å². The molecule has 5 heterocycles. The van der Waals surface area contributed by atoms with Crippen LogP contribution in [0.5, 0.6) is 0 Å². The van der Waals surface area contributed by atoms with Crippen molar-refractivity contribution < 1.29 is 9.18 Å². The zero-order valence-corrected chi connectivity index (χ0v) is 23.8. The predicted octanol–water partition coefficient (Wildman–Crippen LogP) is 4.40. The summed E-state index contributed by atoms with van der Waals surface area (Å²) in [5.41, 5.74) is 2.09. The van der Waals surface area contributed by atoms with Crippen LogP contribution in [0.1, 0.15) is 55.8 Å². The average molecular weight is 587 g/mol. The molecule has 0 bridgehead atoms. The van der Waals surface area contributed by atoms with E-state index in [1.807, 2.05) is 11.8 Å². The average Bonchev–Trinajstić information content (AvgIpc) is 3.91. The lowest BCUT2D eigenvalue weighted by molar-refractivity contribution is -0.126. The first-order valence-corrected chi connectivity index (χ1v) is 14.5. The topological polar surface area (TPSA) is 110 Å². The molecule has 1 atom stereocenters. The molecule has 10 nitrogen and oxygen atoms in total. The largest absolute Gasteiger partial charge is 0.355 e. The van der Waals surface area contributed by atoms with Crippen LogP contribution in [0.3, 0.4) is 0 Å². The van der Waals surface area contributed by atoms with Crippen LogP contribution < -0.4 is 10.6 Å². The molecule has 0 radical (unpaired) electrons. The van der Waals surface area contributed by atoms with Crippen LogP contribution in [0.15, 0.2) is 48.2 Å². The fourth-order valence-electron chi connectivity index (χ4n) is 5.80. The normalized spacial score (nSPS) is 18.9. The lowest BCUT2D eigenvalue weighted by Crippen LogP contribution is -2.54. The van der Waals surface area contributed by atoms with Crippen LogP contribution in [0.25, 0.3) is 28.1 Å². The zero-order valence-electron chi connectivity index (χ0n) is 23.0. The maximum absolute atomic E-state index is 15.0. The second-order valence-corrected chi connectivity index (χ2v) is 11.6. The highest BCUT2D eigenvalue weighted by Crippen LogP contribution is 2.47. The van der Waals surface area contributed by atoms with E-state index < -0.39 is 11.5 Å². The van der Waals surface area contributed by atoms with Crippen molar-refractivity contribution in [2.45, 2.75) is 50.5 Å². The number of hydrogen-bond donors (Lipinski definition) is 0. The Morgan fingerprint density at radius 2 is 1.79 bits per heavy atom. The molecule has 7 rings (SSSR count). The summed E-state index contributed by atoms with van der Waals surface area (Å²) in [6.07, 6.45) is 8.24. The molecule has 3 aliphatic rings. The highest BCUT2D eigenvalue weighted by Gasteiger charge is 2.37. The second-order valence-electron chi connectivity index (χ2n) is 11.1. The molecule has 0 aromatic carbocycles. The summed E-state index contributed by atoms with van der Waals surface area (Å²) in [5, 5.41) is 0.706. The number of amides is 1. The number of pyridine rings is 2. The molecule has 0 N–H and O–H groups in total. The quantitative estimate of drug-likeness (QED) is 0.306. The van der Waals surface area contributed by atoms with Crippen LogP contribution in [-0.4, -0.2) is 66.0 Å². The summed E-state index contributed by atoms with van der Waals surface area (Å²) in [5.74, 6) is 0.122. The Balaban J connectivity index is 1.49. The molecule has 0 unspecified atom stereocenters. The minimum absolute atomic E-state index is 0.0131. The van der Waals surface area contributed by atoms with Gasteiger partial charge in [-0.05, 0) is 56.9 Å². The maximum atomic E-state index is 15.0. The maximum Gasteiger partial charge on any atom is 0.355 e. The van der Waals surface area contributed by atoms with Gasteiger partial charge in [-0.15, -0.1) is 0 Å². The van der Waals surface area contributed by atoms with Crippen molar-refractivity contribution in [3.63, 3.8) is 0 Å². The van der Waals surface area contributed by atoms with E-state index in [1.165, 1.54) is 29.0 Å². The first kappa shape index (κ1) is 26.6. The second kappa shape index (κ2) is 10.2. The number of anilines is 1. The predicted molar refractivity (Wildman–Crippen MR) is 156 cm³/mol. The van der Waals surface area contributed by atoms with E-state index in [9.17, 15) is 14.0 Å². The van der Waals surface area contributed by atoms with Gasteiger partial charge in [-0.1, -0.05) is 18.2 Å². The molecule has 214 valence electrons. The SMILES string of the molecule is C=CC(=O)N1CCN(c2nc(=O)n(-c3c(C4CC4)ncnc3C3CC3)c3nc(-c4ncccc4F)c(Cl)cc23)[C@@H](C)C1. The number of aromatic nitrogens is 6. The van der Waals surface area contributed by atoms with Crippen molar-refractivity contribution in [1.29, 1.82) is 0 Å². The molecule has 4 aromatic heterocycles. The van der Waals surface area contributed by atoms with Gasteiger partial charge in [0.1, 0.15) is 23.5 Å². The van der Waals surface area contributed by atoms with Gasteiger partial charge in [-0.3, -0.25) is 9.78 Å². The molecular weight excluding hydrogens is 559 g/mol. The van der Waals surface area contributed by atoms with Crippen molar-refractivity contribution in [3.05, 3.63) is 76.1 Å². The van der Waals surface area contributed by atoms with E-state index in [-0.39, 0.29) is 45.8 Å². The number of halogens is 2. The number of hydrogen-bond acceptors (Lipinski definition) is 8. The Kier molecular flexibility index (Phi) is 6.49. The van der Waals surface area contributed by atoms with Crippen LogP contribution in [0.2, 0.25) is 5.02 Å². The molecular formula is C30H28ClFN8O2. The Labute approximate surface area is 245 Å². The van der Waals surface area contributed by atoms with E-state index in [0.29, 0.717) is 36.5 Å². The Bertz CT molecular complexity index is 1790. The zero-order chi connectivity index (χ0) is 29.1. The van der Waals surface area contributed by atoms with Crippen LogP contribution in [-0.2, 0) is 4.79 Å². The molecule has 42 heavy (non-hydrogen) atoms. The minimum Gasteiger partial charge on any atom is -0.350 e. The third-order valence-corrected chi connectivity index (χ3v) is 8.49. The lowest BCUT2D eigenvalue weighted by Gasteiger charge is -2.40. The van der Waals surface area contributed by atoms with Gasteiger partial charge in [0.15, 0.2) is 11.5 Å². The smallest absolute Gasteiger partial charge is 0.350 e. The number of nitrogens with zero attached hydrogens (tertiary/aromatic N) is 8. The van der Waals surface area contributed by atoms with Gasteiger partial charge >= 0.3 is 5.69 Å². The molecule has 1 amide bonds. The third kappa shape index (κ3) is 4.52. The number of carbonyl (C=O) groups is 1. The molecule has 1 saturated heterocycles. The van der Waals surface area contributed by atoms with Crippen molar-refractivity contribution >= 4 is 34.4 Å². The fraction of sp³-hybridized carbons (Fsp3) is 0.367. The molecule has 2 aliphatic carbocycles. The molecule has 0 spiro atoms. The first-order valence-electron chi connectivity index (χ1n) is 14.1. The fourth-order valence-corrected chi connectivity index (χ4v) is 6.04. The van der Waals surface area contributed by atoms with E-state index in [1.54, 1.807) is 17.3 Å².